The molecule has 0 saturated heterocycles. The average Bonchev–Trinajstić information content (AvgIpc) is 2.39. The van der Waals surface area contributed by atoms with E-state index >= 15 is 0 Å². The summed E-state index contributed by atoms with van der Waals surface area (Å²) in [6.07, 6.45) is 4.35. The molecule has 0 aliphatic carbocycles. The van der Waals surface area contributed by atoms with Crippen LogP contribution < -0.4 is 0 Å². The van der Waals surface area contributed by atoms with E-state index in [1.54, 1.807) is 0 Å². The van der Waals surface area contributed by atoms with E-state index in [4.69, 9.17) is 9.47 Å². The number of methoxy groups -OCH3 is 1. The molecular weight excluding hydrogens is 224 g/mol. The van der Waals surface area contributed by atoms with Crippen molar-refractivity contribution < 1.29 is 13.7 Å². The first-order valence-corrected chi connectivity index (χ1v) is 6.24. The van der Waals surface area contributed by atoms with Crippen LogP contribution in [0.4, 0.5) is 0 Å². The lowest BCUT2D eigenvalue weighted by molar-refractivity contribution is -0.151. The van der Waals surface area contributed by atoms with Gasteiger partial charge in [-0.2, -0.15) is 0 Å². The zero-order chi connectivity index (χ0) is 11.4. The van der Waals surface area contributed by atoms with Crippen molar-refractivity contribution in [3.8, 4) is 0 Å². The summed E-state index contributed by atoms with van der Waals surface area (Å²) >= 11 is 0. The maximum atomic E-state index is 12.4. The lowest BCUT2D eigenvalue weighted by atomic mass is 10.3. The molecule has 0 N–H and O–H groups in total. The lowest BCUT2D eigenvalue weighted by Crippen LogP contribution is -2.41. The normalized spacial score (nSPS) is 26.6. The molecule has 0 radical (unpaired) electrons. The van der Waals surface area contributed by atoms with E-state index < -0.39 is 15.9 Å². The Balaban J connectivity index is 2.29. The molecule has 2 unspecified atom stereocenters. The molecule has 0 amide bonds. The smallest absolute Gasteiger partial charge is 0.255 e. The first-order chi connectivity index (χ1) is 7.78. The summed E-state index contributed by atoms with van der Waals surface area (Å²) in [5.74, 6) is 0. The SMILES string of the molecule is COC1(S(=O)c2ccccc2)CC=CCO1. The van der Waals surface area contributed by atoms with Crippen LogP contribution in [0.3, 0.4) is 0 Å². The lowest BCUT2D eigenvalue weighted by Gasteiger charge is -2.32. The highest BCUT2D eigenvalue weighted by atomic mass is 32.2. The molecule has 16 heavy (non-hydrogen) atoms. The van der Waals surface area contributed by atoms with Crippen LogP contribution in [0.5, 0.6) is 0 Å². The molecule has 0 bridgehead atoms. The second-order valence-corrected chi connectivity index (χ2v) is 5.09. The average molecular weight is 238 g/mol. The van der Waals surface area contributed by atoms with E-state index in [0.29, 0.717) is 13.0 Å². The van der Waals surface area contributed by atoms with Gasteiger partial charge in [-0.15, -0.1) is 0 Å². The summed E-state index contributed by atoms with van der Waals surface area (Å²) < 4.78 is 23.2. The molecule has 1 aliphatic heterocycles. The number of hydrogen-bond donors (Lipinski definition) is 0. The van der Waals surface area contributed by atoms with Gasteiger partial charge in [0.15, 0.2) is 0 Å². The van der Waals surface area contributed by atoms with Crippen molar-refractivity contribution in [2.75, 3.05) is 13.7 Å². The fourth-order valence-corrected chi connectivity index (χ4v) is 2.94. The van der Waals surface area contributed by atoms with Crippen LogP contribution in [0.1, 0.15) is 6.42 Å². The Hall–Kier alpha value is -0.970. The molecule has 1 aromatic rings. The van der Waals surface area contributed by atoms with Gasteiger partial charge in [0.05, 0.1) is 6.61 Å². The number of ether oxygens (including phenoxy) is 2. The molecule has 1 aromatic carbocycles. The molecule has 86 valence electrons. The molecule has 0 saturated carbocycles. The predicted octanol–water partition coefficient (Wildman–Crippen LogP) is 2.07. The number of benzene rings is 1. The van der Waals surface area contributed by atoms with E-state index in [0.717, 1.165) is 4.90 Å². The highest BCUT2D eigenvalue weighted by Crippen LogP contribution is 2.30. The highest BCUT2D eigenvalue weighted by Gasteiger charge is 2.39. The summed E-state index contributed by atoms with van der Waals surface area (Å²) in [5, 5.41) is -1.03. The zero-order valence-corrected chi connectivity index (χ0v) is 9.91. The van der Waals surface area contributed by atoms with E-state index in [1.165, 1.54) is 7.11 Å². The van der Waals surface area contributed by atoms with Gasteiger partial charge >= 0.3 is 0 Å². The molecule has 2 rings (SSSR count). The monoisotopic (exact) mass is 238 g/mol. The van der Waals surface area contributed by atoms with E-state index in [1.807, 2.05) is 42.5 Å². The predicted molar refractivity (Wildman–Crippen MR) is 62.3 cm³/mol. The maximum absolute atomic E-state index is 12.4. The van der Waals surface area contributed by atoms with Crippen molar-refractivity contribution >= 4 is 10.8 Å². The van der Waals surface area contributed by atoms with Crippen LogP contribution in [0, 0.1) is 0 Å². The fraction of sp³-hybridized carbons (Fsp3) is 0.333. The van der Waals surface area contributed by atoms with Crippen molar-refractivity contribution in [1.82, 2.24) is 0 Å². The summed E-state index contributed by atoms with van der Waals surface area (Å²) in [6, 6.07) is 9.24. The van der Waals surface area contributed by atoms with Gasteiger partial charge in [-0.1, -0.05) is 30.4 Å². The molecule has 1 aliphatic rings. The Morgan fingerprint density at radius 3 is 2.62 bits per heavy atom. The van der Waals surface area contributed by atoms with Crippen molar-refractivity contribution in [3.05, 3.63) is 42.5 Å². The van der Waals surface area contributed by atoms with Gasteiger partial charge in [0.2, 0.25) is 0 Å². The van der Waals surface area contributed by atoms with Crippen LogP contribution >= 0.6 is 0 Å². The van der Waals surface area contributed by atoms with Gasteiger partial charge < -0.3 is 9.47 Å². The standard InChI is InChI=1S/C12H14O3S/c1-14-12(9-5-6-10-15-12)16(13)11-7-3-2-4-8-11/h2-8H,9-10H2,1H3. The second-order valence-electron chi connectivity index (χ2n) is 3.46. The summed E-state index contributed by atoms with van der Waals surface area (Å²) in [7, 11) is 0.204. The number of hydrogen-bond acceptors (Lipinski definition) is 3. The summed E-state index contributed by atoms with van der Waals surface area (Å²) in [5.41, 5.74) is 0. The first kappa shape index (κ1) is 11.5. The Morgan fingerprint density at radius 1 is 1.31 bits per heavy atom. The van der Waals surface area contributed by atoms with Gasteiger partial charge in [0.1, 0.15) is 10.8 Å². The van der Waals surface area contributed by atoms with E-state index in [9.17, 15) is 4.21 Å². The second kappa shape index (κ2) is 4.91. The highest BCUT2D eigenvalue weighted by molar-refractivity contribution is 7.86. The van der Waals surface area contributed by atoms with Crippen LogP contribution in [-0.4, -0.2) is 23.0 Å². The van der Waals surface area contributed by atoms with Crippen molar-refractivity contribution in [2.45, 2.75) is 16.4 Å². The Labute approximate surface area is 97.5 Å². The third-order valence-corrected chi connectivity index (χ3v) is 4.20. The Kier molecular flexibility index (Phi) is 3.53. The Morgan fingerprint density at radius 2 is 2.06 bits per heavy atom. The molecule has 4 heteroatoms. The van der Waals surface area contributed by atoms with Crippen LogP contribution in [0.25, 0.3) is 0 Å². The third-order valence-electron chi connectivity index (χ3n) is 2.48. The molecule has 0 aromatic heterocycles. The topological polar surface area (TPSA) is 35.5 Å². The molecule has 0 spiro atoms. The van der Waals surface area contributed by atoms with Crippen LogP contribution in [0.15, 0.2) is 47.4 Å². The molecule has 2 atom stereocenters. The maximum Gasteiger partial charge on any atom is 0.255 e. The van der Waals surface area contributed by atoms with Gasteiger partial charge in [0.25, 0.3) is 5.12 Å². The molecular formula is C12H14O3S. The largest absolute Gasteiger partial charge is 0.342 e. The van der Waals surface area contributed by atoms with E-state index in [2.05, 4.69) is 0 Å². The molecule has 0 fully saturated rings. The van der Waals surface area contributed by atoms with E-state index in [-0.39, 0.29) is 0 Å². The van der Waals surface area contributed by atoms with Crippen molar-refractivity contribution in [2.24, 2.45) is 0 Å². The van der Waals surface area contributed by atoms with Gasteiger partial charge in [-0.3, -0.25) is 0 Å². The zero-order valence-electron chi connectivity index (χ0n) is 9.09. The van der Waals surface area contributed by atoms with Crippen LogP contribution in [0.2, 0.25) is 0 Å². The van der Waals surface area contributed by atoms with Crippen molar-refractivity contribution in [3.63, 3.8) is 0 Å². The first-order valence-electron chi connectivity index (χ1n) is 5.09. The fourth-order valence-electron chi connectivity index (χ4n) is 1.60. The minimum Gasteiger partial charge on any atom is -0.342 e. The van der Waals surface area contributed by atoms with Crippen LogP contribution in [-0.2, 0) is 20.3 Å². The minimum absolute atomic E-state index is 0.437. The number of rotatable bonds is 3. The van der Waals surface area contributed by atoms with Gasteiger partial charge in [-0.25, -0.2) is 4.21 Å². The Bertz CT molecular complexity index is 402. The summed E-state index contributed by atoms with van der Waals surface area (Å²) in [6.45, 7) is 0.437. The van der Waals surface area contributed by atoms with Gasteiger partial charge in [0, 0.05) is 18.4 Å². The molecule has 1 heterocycles. The van der Waals surface area contributed by atoms with Crippen molar-refractivity contribution in [1.29, 1.82) is 0 Å². The summed E-state index contributed by atoms with van der Waals surface area (Å²) in [4.78, 5) is 0.722. The molecule has 3 nitrogen and oxygen atoms in total. The van der Waals surface area contributed by atoms with Gasteiger partial charge in [-0.05, 0) is 12.1 Å². The quantitative estimate of drug-likeness (QED) is 0.756. The third kappa shape index (κ3) is 2.09. The minimum atomic E-state index is -1.32.